The van der Waals surface area contributed by atoms with Crippen molar-refractivity contribution in [3.8, 4) is 0 Å². The van der Waals surface area contributed by atoms with Crippen LogP contribution >= 0.6 is 11.3 Å². The first-order valence-corrected chi connectivity index (χ1v) is 7.57. The van der Waals surface area contributed by atoms with Gasteiger partial charge in [-0.05, 0) is 12.1 Å². The van der Waals surface area contributed by atoms with Crippen LogP contribution in [0.1, 0.15) is 35.3 Å². The molecule has 1 aromatic carbocycles. The predicted molar refractivity (Wildman–Crippen MR) is 84.9 cm³/mol. The standard InChI is InChI=1S/C15H16N4OS/c1-9(2)14-17-18-15(21-14)16-13(20)12-8-10-6-4-5-7-11(10)19(12)3/h4-9H,1-3H3,(H,16,18,20). The summed E-state index contributed by atoms with van der Waals surface area (Å²) in [5.74, 6) is 0.144. The van der Waals surface area contributed by atoms with Crippen molar-refractivity contribution in [1.82, 2.24) is 14.8 Å². The van der Waals surface area contributed by atoms with Crippen molar-refractivity contribution < 1.29 is 4.79 Å². The van der Waals surface area contributed by atoms with Gasteiger partial charge in [-0.3, -0.25) is 10.1 Å². The summed E-state index contributed by atoms with van der Waals surface area (Å²) in [5.41, 5.74) is 1.64. The van der Waals surface area contributed by atoms with Crippen LogP contribution in [-0.4, -0.2) is 20.7 Å². The number of aromatic nitrogens is 3. The minimum absolute atomic E-state index is 0.167. The van der Waals surface area contributed by atoms with Crippen LogP contribution in [0.15, 0.2) is 30.3 Å². The van der Waals surface area contributed by atoms with Crippen LogP contribution in [0.5, 0.6) is 0 Å². The molecule has 0 bridgehead atoms. The number of hydrogen-bond donors (Lipinski definition) is 1. The number of aryl methyl sites for hydroxylation is 1. The maximum absolute atomic E-state index is 12.4. The van der Waals surface area contributed by atoms with E-state index in [1.54, 1.807) is 0 Å². The molecule has 0 spiro atoms. The number of amides is 1. The Balaban J connectivity index is 1.88. The van der Waals surface area contributed by atoms with Gasteiger partial charge < -0.3 is 4.57 Å². The van der Waals surface area contributed by atoms with E-state index in [0.717, 1.165) is 15.9 Å². The molecular weight excluding hydrogens is 284 g/mol. The van der Waals surface area contributed by atoms with Gasteiger partial charge in [-0.15, -0.1) is 10.2 Å². The Bertz CT molecular complexity index is 803. The van der Waals surface area contributed by atoms with Crippen LogP contribution in [-0.2, 0) is 7.05 Å². The van der Waals surface area contributed by atoms with Crippen LogP contribution < -0.4 is 5.32 Å². The van der Waals surface area contributed by atoms with Gasteiger partial charge in [0, 0.05) is 23.9 Å². The Morgan fingerprint density at radius 2 is 2.05 bits per heavy atom. The average Bonchev–Trinajstić information content (AvgIpc) is 3.05. The van der Waals surface area contributed by atoms with Crippen molar-refractivity contribution in [2.45, 2.75) is 19.8 Å². The highest BCUT2D eigenvalue weighted by Crippen LogP contribution is 2.24. The Labute approximate surface area is 126 Å². The zero-order chi connectivity index (χ0) is 15.0. The molecule has 0 fully saturated rings. The van der Waals surface area contributed by atoms with Gasteiger partial charge in [0.1, 0.15) is 10.7 Å². The molecule has 0 unspecified atom stereocenters. The molecule has 0 aliphatic carbocycles. The quantitative estimate of drug-likeness (QED) is 0.806. The third-order valence-corrected chi connectivity index (χ3v) is 4.48. The lowest BCUT2D eigenvalue weighted by Gasteiger charge is -2.03. The SMILES string of the molecule is CC(C)c1nnc(NC(=O)c2cc3ccccc3n2C)s1. The van der Waals surface area contributed by atoms with E-state index in [-0.39, 0.29) is 5.91 Å². The summed E-state index contributed by atoms with van der Waals surface area (Å²) < 4.78 is 1.88. The van der Waals surface area contributed by atoms with Gasteiger partial charge >= 0.3 is 0 Å². The minimum Gasteiger partial charge on any atom is -0.340 e. The summed E-state index contributed by atoms with van der Waals surface area (Å²) in [7, 11) is 1.89. The number of benzene rings is 1. The fourth-order valence-electron chi connectivity index (χ4n) is 2.19. The van der Waals surface area contributed by atoms with Gasteiger partial charge in [0.15, 0.2) is 0 Å². The summed E-state index contributed by atoms with van der Waals surface area (Å²) in [6.07, 6.45) is 0. The van der Waals surface area contributed by atoms with Gasteiger partial charge in [0.25, 0.3) is 5.91 Å². The first-order chi connectivity index (χ1) is 10.1. The van der Waals surface area contributed by atoms with E-state index in [9.17, 15) is 4.79 Å². The number of para-hydroxylation sites is 1. The fourth-order valence-corrected chi connectivity index (χ4v) is 2.93. The highest BCUT2D eigenvalue weighted by Gasteiger charge is 2.15. The van der Waals surface area contributed by atoms with Crippen molar-refractivity contribution in [1.29, 1.82) is 0 Å². The van der Waals surface area contributed by atoms with Crippen molar-refractivity contribution in [2.24, 2.45) is 7.05 Å². The van der Waals surface area contributed by atoms with E-state index >= 15 is 0 Å². The molecule has 0 saturated carbocycles. The van der Waals surface area contributed by atoms with Crippen molar-refractivity contribution in [2.75, 3.05) is 5.32 Å². The van der Waals surface area contributed by atoms with E-state index in [2.05, 4.69) is 29.4 Å². The molecule has 2 heterocycles. The number of fused-ring (bicyclic) bond motifs is 1. The zero-order valence-electron chi connectivity index (χ0n) is 12.1. The summed E-state index contributed by atoms with van der Waals surface area (Å²) in [5, 5.41) is 13.4. The molecule has 0 atom stereocenters. The highest BCUT2D eigenvalue weighted by atomic mass is 32.1. The van der Waals surface area contributed by atoms with Gasteiger partial charge in [-0.25, -0.2) is 0 Å². The van der Waals surface area contributed by atoms with Gasteiger partial charge in [-0.1, -0.05) is 43.4 Å². The molecule has 1 N–H and O–H groups in total. The van der Waals surface area contributed by atoms with Gasteiger partial charge in [-0.2, -0.15) is 0 Å². The second kappa shape index (κ2) is 5.29. The Hall–Kier alpha value is -2.21. The summed E-state index contributed by atoms with van der Waals surface area (Å²) in [4.78, 5) is 12.4. The first kappa shape index (κ1) is 13.8. The lowest BCUT2D eigenvalue weighted by Crippen LogP contribution is -2.15. The molecule has 5 nitrogen and oxygen atoms in total. The number of carbonyl (C=O) groups excluding carboxylic acids is 1. The monoisotopic (exact) mass is 300 g/mol. The smallest absolute Gasteiger partial charge is 0.274 e. The Morgan fingerprint density at radius 3 is 2.71 bits per heavy atom. The van der Waals surface area contributed by atoms with E-state index in [1.807, 2.05) is 41.9 Å². The second-order valence-corrected chi connectivity index (χ2v) is 6.21. The molecule has 0 radical (unpaired) electrons. The number of hydrogen-bond acceptors (Lipinski definition) is 4. The molecule has 21 heavy (non-hydrogen) atoms. The van der Waals surface area contributed by atoms with Gasteiger partial charge in [0.2, 0.25) is 5.13 Å². The first-order valence-electron chi connectivity index (χ1n) is 6.75. The zero-order valence-corrected chi connectivity index (χ0v) is 12.9. The maximum Gasteiger partial charge on any atom is 0.274 e. The van der Waals surface area contributed by atoms with E-state index in [0.29, 0.717) is 16.7 Å². The number of carbonyl (C=O) groups is 1. The summed E-state index contributed by atoms with van der Waals surface area (Å²) >= 11 is 1.41. The summed E-state index contributed by atoms with van der Waals surface area (Å²) in [6, 6.07) is 9.80. The normalized spacial score (nSPS) is 11.2. The third-order valence-electron chi connectivity index (χ3n) is 3.34. The number of nitrogens with zero attached hydrogens (tertiary/aromatic N) is 3. The largest absolute Gasteiger partial charge is 0.340 e. The van der Waals surface area contributed by atoms with E-state index < -0.39 is 0 Å². The van der Waals surface area contributed by atoms with Crippen molar-refractivity contribution in [3.05, 3.63) is 41.0 Å². The molecule has 3 aromatic rings. The van der Waals surface area contributed by atoms with Crippen LogP contribution in [0, 0.1) is 0 Å². The van der Waals surface area contributed by atoms with Crippen molar-refractivity contribution in [3.63, 3.8) is 0 Å². The number of nitrogens with one attached hydrogen (secondary N) is 1. The third kappa shape index (κ3) is 2.54. The van der Waals surface area contributed by atoms with Crippen LogP contribution in [0.4, 0.5) is 5.13 Å². The molecule has 3 rings (SSSR count). The molecule has 0 saturated heterocycles. The summed E-state index contributed by atoms with van der Waals surface area (Å²) in [6.45, 7) is 4.10. The van der Waals surface area contributed by atoms with Crippen LogP contribution in [0.3, 0.4) is 0 Å². The Kier molecular flexibility index (Phi) is 3.47. The van der Waals surface area contributed by atoms with Crippen molar-refractivity contribution >= 4 is 33.3 Å². The lowest BCUT2D eigenvalue weighted by molar-refractivity contribution is 0.101. The molecule has 0 aliphatic rings. The van der Waals surface area contributed by atoms with Crippen LogP contribution in [0.2, 0.25) is 0 Å². The topological polar surface area (TPSA) is 59.8 Å². The fraction of sp³-hybridized carbons (Fsp3) is 0.267. The molecule has 108 valence electrons. The second-order valence-electron chi connectivity index (χ2n) is 5.20. The Morgan fingerprint density at radius 1 is 1.29 bits per heavy atom. The molecule has 1 amide bonds. The maximum atomic E-state index is 12.4. The molecule has 0 aliphatic heterocycles. The molecular formula is C15H16N4OS. The van der Waals surface area contributed by atoms with Crippen LogP contribution in [0.25, 0.3) is 10.9 Å². The lowest BCUT2D eigenvalue weighted by atomic mass is 10.2. The number of rotatable bonds is 3. The average molecular weight is 300 g/mol. The number of anilines is 1. The minimum atomic E-state index is -0.167. The molecule has 6 heteroatoms. The predicted octanol–water partition coefficient (Wildman–Crippen LogP) is 3.41. The van der Waals surface area contributed by atoms with E-state index in [1.165, 1.54) is 11.3 Å². The van der Waals surface area contributed by atoms with Gasteiger partial charge in [0.05, 0.1) is 0 Å². The molecule has 2 aromatic heterocycles. The highest BCUT2D eigenvalue weighted by molar-refractivity contribution is 7.15. The van der Waals surface area contributed by atoms with E-state index in [4.69, 9.17) is 0 Å².